The number of ether oxygens (including phenoxy) is 2. The Hall–Kier alpha value is -1.14. The average Bonchev–Trinajstić information content (AvgIpc) is 3.20. The van der Waals surface area contributed by atoms with E-state index in [2.05, 4.69) is 11.8 Å². The van der Waals surface area contributed by atoms with Crippen molar-refractivity contribution in [3.63, 3.8) is 0 Å². The van der Waals surface area contributed by atoms with Crippen LogP contribution >= 0.6 is 0 Å². The maximum atomic E-state index is 11.9. The zero-order chi connectivity index (χ0) is 23.4. The van der Waals surface area contributed by atoms with Crippen molar-refractivity contribution < 1.29 is 19.1 Å². The lowest BCUT2D eigenvalue weighted by molar-refractivity contribution is -0.148. The second-order valence-electron chi connectivity index (χ2n) is 9.61. The molecule has 0 aromatic heterocycles. The number of esters is 2. The van der Waals surface area contributed by atoms with Gasteiger partial charge in [-0.25, -0.2) is 0 Å². The van der Waals surface area contributed by atoms with Crippen LogP contribution in [0.15, 0.2) is 0 Å². The van der Waals surface area contributed by atoms with Gasteiger partial charge >= 0.3 is 11.9 Å². The standard InChI is InChI=1S/C26H50N2O4/c1-4-5-6-7-8-9-10-11-15-22-31-25(29)16-13-12-14-19-28-21-17-24(23-28)32-26(30)18-20-27(2)3/h24H,4-23H2,1-3H3. The first-order chi connectivity index (χ1) is 15.5. The number of likely N-dealkylation sites (tertiary alicyclic amines) is 1. The molecule has 188 valence electrons. The van der Waals surface area contributed by atoms with Crippen molar-refractivity contribution in [2.45, 2.75) is 109 Å². The van der Waals surface area contributed by atoms with Crippen molar-refractivity contribution in [2.24, 2.45) is 0 Å². The van der Waals surface area contributed by atoms with Crippen LogP contribution in [-0.2, 0) is 19.1 Å². The Bertz CT molecular complexity index is 484. The summed E-state index contributed by atoms with van der Waals surface area (Å²) in [4.78, 5) is 28.1. The third-order valence-corrected chi connectivity index (χ3v) is 6.16. The molecule has 0 spiro atoms. The zero-order valence-corrected chi connectivity index (χ0v) is 21.2. The molecule has 0 amide bonds. The summed E-state index contributed by atoms with van der Waals surface area (Å²) in [5, 5.41) is 0. The van der Waals surface area contributed by atoms with Gasteiger partial charge in [0, 0.05) is 26.1 Å². The van der Waals surface area contributed by atoms with Crippen LogP contribution in [-0.4, -0.2) is 74.7 Å². The largest absolute Gasteiger partial charge is 0.466 e. The summed E-state index contributed by atoms with van der Waals surface area (Å²) < 4.78 is 10.9. The van der Waals surface area contributed by atoms with Gasteiger partial charge in [0.15, 0.2) is 0 Å². The van der Waals surface area contributed by atoms with E-state index in [1.165, 1.54) is 51.4 Å². The Morgan fingerprint density at radius 1 is 0.844 bits per heavy atom. The molecule has 6 heteroatoms. The van der Waals surface area contributed by atoms with Crippen molar-refractivity contribution in [2.75, 3.05) is 46.9 Å². The van der Waals surface area contributed by atoms with E-state index in [1.807, 2.05) is 19.0 Å². The molecule has 1 aliphatic heterocycles. The molecule has 1 fully saturated rings. The van der Waals surface area contributed by atoms with E-state index in [9.17, 15) is 9.59 Å². The highest BCUT2D eigenvalue weighted by molar-refractivity contribution is 5.70. The topological polar surface area (TPSA) is 59.1 Å². The van der Waals surface area contributed by atoms with Crippen LogP contribution < -0.4 is 0 Å². The molecule has 1 rings (SSSR count). The number of hydrogen-bond donors (Lipinski definition) is 0. The van der Waals surface area contributed by atoms with E-state index in [-0.39, 0.29) is 18.0 Å². The number of carbonyl (C=O) groups excluding carboxylic acids is 2. The lowest BCUT2D eigenvalue weighted by Gasteiger charge is -2.16. The number of unbranched alkanes of at least 4 members (excludes halogenated alkanes) is 10. The van der Waals surface area contributed by atoms with Crippen molar-refractivity contribution in [3.05, 3.63) is 0 Å². The molecule has 0 aliphatic carbocycles. The quantitative estimate of drug-likeness (QED) is 0.186. The van der Waals surface area contributed by atoms with Gasteiger partial charge in [-0.15, -0.1) is 0 Å². The van der Waals surface area contributed by atoms with Crippen molar-refractivity contribution >= 4 is 11.9 Å². The van der Waals surface area contributed by atoms with E-state index < -0.39 is 0 Å². The molecule has 1 unspecified atom stereocenters. The first kappa shape index (κ1) is 28.9. The Kier molecular flexibility index (Phi) is 17.5. The van der Waals surface area contributed by atoms with Crippen molar-refractivity contribution in [3.8, 4) is 0 Å². The minimum absolute atomic E-state index is 0.0423. The first-order valence-corrected chi connectivity index (χ1v) is 13.2. The van der Waals surface area contributed by atoms with E-state index in [1.54, 1.807) is 0 Å². The van der Waals surface area contributed by atoms with Crippen LogP contribution in [0.2, 0.25) is 0 Å². The van der Waals surface area contributed by atoms with Gasteiger partial charge in [-0.1, -0.05) is 64.7 Å². The van der Waals surface area contributed by atoms with Gasteiger partial charge in [0.1, 0.15) is 6.10 Å². The van der Waals surface area contributed by atoms with Crippen LogP contribution in [0.5, 0.6) is 0 Å². The molecule has 0 bridgehead atoms. The molecular formula is C26H50N2O4. The monoisotopic (exact) mass is 454 g/mol. The maximum Gasteiger partial charge on any atom is 0.307 e. The predicted octanol–water partition coefficient (Wildman–Crippen LogP) is 5.19. The van der Waals surface area contributed by atoms with Gasteiger partial charge < -0.3 is 14.4 Å². The lowest BCUT2D eigenvalue weighted by atomic mass is 10.1. The van der Waals surface area contributed by atoms with Gasteiger partial charge in [-0.05, 0) is 46.3 Å². The normalized spacial score (nSPS) is 16.6. The molecule has 0 saturated carbocycles. The molecule has 1 saturated heterocycles. The zero-order valence-electron chi connectivity index (χ0n) is 21.2. The van der Waals surface area contributed by atoms with Crippen LogP contribution in [0, 0.1) is 0 Å². The third kappa shape index (κ3) is 16.5. The first-order valence-electron chi connectivity index (χ1n) is 13.2. The molecule has 1 aliphatic rings. The van der Waals surface area contributed by atoms with E-state index in [4.69, 9.17) is 9.47 Å². The SMILES string of the molecule is CCCCCCCCCCCOC(=O)CCCCCN1CCC(OC(=O)CCN(C)C)C1. The summed E-state index contributed by atoms with van der Waals surface area (Å²) >= 11 is 0. The molecule has 32 heavy (non-hydrogen) atoms. The van der Waals surface area contributed by atoms with Crippen LogP contribution in [0.25, 0.3) is 0 Å². The lowest BCUT2D eigenvalue weighted by Crippen LogP contribution is -2.27. The average molecular weight is 455 g/mol. The van der Waals surface area contributed by atoms with E-state index >= 15 is 0 Å². The fraction of sp³-hybridized carbons (Fsp3) is 0.923. The van der Waals surface area contributed by atoms with E-state index in [0.717, 1.165) is 58.3 Å². The van der Waals surface area contributed by atoms with Crippen molar-refractivity contribution in [1.82, 2.24) is 9.80 Å². The van der Waals surface area contributed by atoms with Gasteiger partial charge in [-0.2, -0.15) is 0 Å². The highest BCUT2D eigenvalue weighted by Gasteiger charge is 2.25. The summed E-state index contributed by atoms with van der Waals surface area (Å²) in [6.45, 7) is 6.41. The maximum absolute atomic E-state index is 11.9. The van der Waals surface area contributed by atoms with Gasteiger partial charge in [-0.3, -0.25) is 14.5 Å². The molecule has 6 nitrogen and oxygen atoms in total. The van der Waals surface area contributed by atoms with Crippen LogP contribution in [0.4, 0.5) is 0 Å². The highest BCUT2D eigenvalue weighted by Crippen LogP contribution is 2.15. The summed E-state index contributed by atoms with van der Waals surface area (Å²) in [5.74, 6) is -0.137. The summed E-state index contributed by atoms with van der Waals surface area (Å²) in [5.41, 5.74) is 0. The predicted molar refractivity (Wildman–Crippen MR) is 131 cm³/mol. The van der Waals surface area contributed by atoms with Gasteiger partial charge in [0.2, 0.25) is 0 Å². The molecule has 0 aromatic rings. The number of nitrogens with zero attached hydrogens (tertiary/aromatic N) is 2. The van der Waals surface area contributed by atoms with Crippen LogP contribution in [0.1, 0.15) is 103 Å². The van der Waals surface area contributed by atoms with Crippen molar-refractivity contribution in [1.29, 1.82) is 0 Å². The molecule has 1 heterocycles. The minimum atomic E-state index is -0.0912. The summed E-state index contributed by atoms with van der Waals surface area (Å²) in [7, 11) is 3.92. The van der Waals surface area contributed by atoms with Gasteiger partial charge in [0.05, 0.1) is 13.0 Å². The molecular weight excluding hydrogens is 404 g/mol. The van der Waals surface area contributed by atoms with Gasteiger partial charge in [0.25, 0.3) is 0 Å². The minimum Gasteiger partial charge on any atom is -0.466 e. The smallest absolute Gasteiger partial charge is 0.307 e. The summed E-state index contributed by atoms with van der Waals surface area (Å²) in [6, 6.07) is 0. The fourth-order valence-electron chi connectivity index (χ4n) is 4.11. The highest BCUT2D eigenvalue weighted by atomic mass is 16.5. The number of carbonyl (C=O) groups is 2. The molecule has 0 radical (unpaired) electrons. The number of rotatable bonds is 20. The molecule has 0 N–H and O–H groups in total. The summed E-state index contributed by atoms with van der Waals surface area (Å²) in [6.07, 6.45) is 16.5. The van der Waals surface area contributed by atoms with Crippen LogP contribution in [0.3, 0.4) is 0 Å². The Labute approximate surface area is 197 Å². The molecule has 1 atom stereocenters. The second-order valence-corrected chi connectivity index (χ2v) is 9.61. The Morgan fingerprint density at radius 3 is 2.19 bits per heavy atom. The third-order valence-electron chi connectivity index (χ3n) is 6.16. The molecule has 0 aromatic carbocycles. The van der Waals surface area contributed by atoms with E-state index in [0.29, 0.717) is 19.4 Å². The fourth-order valence-corrected chi connectivity index (χ4v) is 4.11. The number of hydrogen-bond acceptors (Lipinski definition) is 6. The Balaban J connectivity index is 1.88. The second kappa shape index (κ2) is 19.3. The Morgan fingerprint density at radius 2 is 1.50 bits per heavy atom.